The fourth-order valence-corrected chi connectivity index (χ4v) is 3.28. The molecule has 2 atom stereocenters. The summed E-state index contributed by atoms with van der Waals surface area (Å²) in [4.78, 5) is 0. The molecule has 1 aromatic carbocycles. The van der Waals surface area contributed by atoms with Crippen LogP contribution in [0, 0.1) is 0 Å². The Bertz CT molecular complexity index is 700. The molecule has 0 radical (unpaired) electrons. The largest absolute Gasteiger partial charge is 0.242 e. The van der Waals surface area contributed by atoms with Crippen molar-refractivity contribution in [2.75, 3.05) is 13.6 Å². The zero-order valence-corrected chi connectivity index (χ0v) is 12.7. The number of hydrogen-bond donors (Lipinski definition) is 0. The standard InChI is InChI=1S/C19H22N2/c1-4-18-17(14-20(3)5-2)15-10-6-7-11-16(15)19-12-8-9-13-21(18)19/h4-13,17-18H,1,14H2,2-3H3/q+2/b20-5+. The van der Waals surface area contributed by atoms with Crippen LogP contribution >= 0.6 is 0 Å². The van der Waals surface area contributed by atoms with Gasteiger partial charge in [0, 0.05) is 19.1 Å². The summed E-state index contributed by atoms with van der Waals surface area (Å²) in [5, 5.41) is 0. The molecule has 0 spiro atoms. The summed E-state index contributed by atoms with van der Waals surface area (Å²) < 4.78 is 4.61. The lowest BCUT2D eigenvalue weighted by molar-refractivity contribution is -0.711. The molecule has 3 rings (SSSR count). The van der Waals surface area contributed by atoms with Crippen LogP contribution in [0.5, 0.6) is 0 Å². The van der Waals surface area contributed by atoms with Gasteiger partial charge in [-0.3, -0.25) is 0 Å². The first-order valence-corrected chi connectivity index (χ1v) is 7.48. The number of rotatable bonds is 3. The first kappa shape index (κ1) is 13.7. The van der Waals surface area contributed by atoms with Crippen LogP contribution in [0.25, 0.3) is 11.3 Å². The Morgan fingerprint density at radius 1 is 1.19 bits per heavy atom. The van der Waals surface area contributed by atoms with E-state index >= 15 is 0 Å². The number of nitrogens with zero attached hydrogens (tertiary/aromatic N) is 2. The molecule has 21 heavy (non-hydrogen) atoms. The van der Waals surface area contributed by atoms with Crippen LogP contribution in [0.15, 0.2) is 61.3 Å². The highest BCUT2D eigenvalue weighted by Gasteiger charge is 2.39. The maximum Gasteiger partial charge on any atom is 0.213 e. The molecular weight excluding hydrogens is 256 g/mol. The number of benzene rings is 1. The van der Waals surface area contributed by atoms with Gasteiger partial charge in [0.25, 0.3) is 0 Å². The van der Waals surface area contributed by atoms with E-state index < -0.39 is 0 Å². The normalized spacial score (nSPS) is 20.6. The van der Waals surface area contributed by atoms with Gasteiger partial charge in [-0.05, 0) is 23.8 Å². The van der Waals surface area contributed by atoms with Crippen molar-refractivity contribution in [3.05, 3.63) is 66.9 Å². The Morgan fingerprint density at radius 2 is 1.95 bits per heavy atom. The molecule has 0 bridgehead atoms. The molecule has 0 fully saturated rings. The number of fused-ring (bicyclic) bond motifs is 3. The Kier molecular flexibility index (Phi) is 3.70. The van der Waals surface area contributed by atoms with Crippen LogP contribution in [0.3, 0.4) is 0 Å². The lowest BCUT2D eigenvalue weighted by Gasteiger charge is -2.27. The Labute approximate surface area is 126 Å². The van der Waals surface area contributed by atoms with Crippen LogP contribution in [0.1, 0.15) is 24.4 Å². The third-order valence-electron chi connectivity index (χ3n) is 4.43. The van der Waals surface area contributed by atoms with E-state index in [0.717, 1.165) is 6.54 Å². The van der Waals surface area contributed by atoms with Crippen molar-refractivity contribution in [3.8, 4) is 11.3 Å². The summed E-state index contributed by atoms with van der Waals surface area (Å²) in [5.74, 6) is 0.416. The number of likely N-dealkylation sites (N-methyl/N-ethyl adjacent to an activating group) is 1. The first-order chi connectivity index (χ1) is 10.3. The molecule has 0 saturated heterocycles. The van der Waals surface area contributed by atoms with Gasteiger partial charge in [0.15, 0.2) is 18.8 Å². The third kappa shape index (κ3) is 2.31. The molecule has 2 unspecified atom stereocenters. The van der Waals surface area contributed by atoms with Gasteiger partial charge in [0.05, 0.1) is 5.56 Å². The highest BCUT2D eigenvalue weighted by molar-refractivity contribution is 5.63. The number of hydrogen-bond acceptors (Lipinski definition) is 0. The molecule has 1 aromatic heterocycles. The maximum atomic E-state index is 4.09. The topological polar surface area (TPSA) is 6.89 Å². The summed E-state index contributed by atoms with van der Waals surface area (Å²) in [5.41, 5.74) is 4.03. The quantitative estimate of drug-likeness (QED) is 0.462. The average Bonchev–Trinajstić information content (AvgIpc) is 2.55. The maximum absolute atomic E-state index is 4.09. The van der Waals surface area contributed by atoms with E-state index in [4.69, 9.17) is 0 Å². The second-order valence-electron chi connectivity index (χ2n) is 5.61. The molecule has 2 nitrogen and oxygen atoms in total. The fraction of sp³-hybridized carbons (Fsp3) is 0.263. The minimum absolute atomic E-state index is 0.290. The number of aromatic nitrogens is 1. The highest BCUT2D eigenvalue weighted by Crippen LogP contribution is 2.38. The SMILES string of the molecule is C=CC1C(C/[N+](C)=C/C)c2ccccc2-c2cccc[n+]21. The van der Waals surface area contributed by atoms with Gasteiger partial charge in [0.1, 0.15) is 19.2 Å². The van der Waals surface area contributed by atoms with Gasteiger partial charge in [-0.2, -0.15) is 4.57 Å². The van der Waals surface area contributed by atoms with Crippen LogP contribution in [0.4, 0.5) is 0 Å². The monoisotopic (exact) mass is 278 g/mol. The Morgan fingerprint density at radius 3 is 2.71 bits per heavy atom. The lowest BCUT2D eigenvalue weighted by Crippen LogP contribution is -2.48. The molecule has 0 N–H and O–H groups in total. The third-order valence-corrected chi connectivity index (χ3v) is 4.43. The average molecular weight is 278 g/mol. The summed E-state index contributed by atoms with van der Waals surface area (Å²) in [7, 11) is 2.13. The van der Waals surface area contributed by atoms with Gasteiger partial charge in [-0.1, -0.05) is 24.8 Å². The van der Waals surface area contributed by atoms with Crippen molar-refractivity contribution in [2.24, 2.45) is 0 Å². The number of allylic oxidation sites excluding steroid dienone is 1. The minimum atomic E-state index is 0.290. The fourth-order valence-electron chi connectivity index (χ4n) is 3.28. The molecule has 1 aliphatic heterocycles. The zero-order valence-electron chi connectivity index (χ0n) is 12.7. The van der Waals surface area contributed by atoms with Crippen molar-refractivity contribution in [1.82, 2.24) is 0 Å². The van der Waals surface area contributed by atoms with Crippen LogP contribution in [0.2, 0.25) is 0 Å². The van der Waals surface area contributed by atoms with Gasteiger partial charge >= 0.3 is 0 Å². The highest BCUT2D eigenvalue weighted by atomic mass is 15.0. The smallest absolute Gasteiger partial charge is 0.213 e. The number of pyridine rings is 1. The van der Waals surface area contributed by atoms with E-state index in [1.165, 1.54) is 16.8 Å². The molecule has 0 amide bonds. The van der Waals surface area contributed by atoms with Crippen molar-refractivity contribution < 1.29 is 9.14 Å². The first-order valence-electron chi connectivity index (χ1n) is 7.48. The predicted octanol–water partition coefficient (Wildman–Crippen LogP) is 3.20. The van der Waals surface area contributed by atoms with Crippen LogP contribution in [-0.4, -0.2) is 24.4 Å². The van der Waals surface area contributed by atoms with Gasteiger partial charge in [0.2, 0.25) is 5.69 Å². The summed E-state index contributed by atoms with van der Waals surface area (Å²) in [6, 6.07) is 15.4. The Hall–Kier alpha value is -2.22. The summed E-state index contributed by atoms with van der Waals surface area (Å²) in [6.07, 6.45) is 6.38. The molecule has 0 aliphatic carbocycles. The van der Waals surface area contributed by atoms with E-state index in [-0.39, 0.29) is 0 Å². The summed E-state index contributed by atoms with van der Waals surface area (Å²) in [6.45, 7) is 7.16. The Balaban J connectivity index is 2.20. The molecular formula is C19H22N2+2. The van der Waals surface area contributed by atoms with Crippen molar-refractivity contribution in [2.45, 2.75) is 18.9 Å². The van der Waals surface area contributed by atoms with E-state index in [2.05, 4.69) is 90.6 Å². The second kappa shape index (κ2) is 5.65. The van der Waals surface area contributed by atoms with Crippen molar-refractivity contribution in [3.63, 3.8) is 0 Å². The van der Waals surface area contributed by atoms with Gasteiger partial charge < -0.3 is 0 Å². The van der Waals surface area contributed by atoms with E-state index in [1.807, 2.05) is 0 Å². The minimum Gasteiger partial charge on any atom is -0.242 e. The molecule has 106 valence electrons. The van der Waals surface area contributed by atoms with E-state index in [1.54, 1.807) is 0 Å². The van der Waals surface area contributed by atoms with Crippen LogP contribution < -0.4 is 4.57 Å². The van der Waals surface area contributed by atoms with Gasteiger partial charge in [-0.15, -0.1) is 0 Å². The predicted molar refractivity (Wildman–Crippen MR) is 86.8 cm³/mol. The lowest BCUT2D eigenvalue weighted by atomic mass is 9.83. The van der Waals surface area contributed by atoms with Crippen molar-refractivity contribution >= 4 is 6.21 Å². The summed E-state index contributed by atoms with van der Waals surface area (Å²) >= 11 is 0. The molecule has 0 saturated carbocycles. The zero-order chi connectivity index (χ0) is 14.8. The molecule has 1 aliphatic rings. The van der Waals surface area contributed by atoms with E-state index in [9.17, 15) is 0 Å². The second-order valence-corrected chi connectivity index (χ2v) is 5.61. The molecule has 2 heteroatoms. The van der Waals surface area contributed by atoms with Crippen LogP contribution in [-0.2, 0) is 0 Å². The van der Waals surface area contributed by atoms with Gasteiger partial charge in [-0.25, -0.2) is 4.58 Å². The molecule has 2 aromatic rings. The van der Waals surface area contributed by atoms with Crippen molar-refractivity contribution in [1.29, 1.82) is 0 Å². The molecule has 2 heterocycles. The van der Waals surface area contributed by atoms with E-state index in [0.29, 0.717) is 12.0 Å².